The molecule has 62 valence electrons. The zero-order valence-corrected chi connectivity index (χ0v) is 7.10. The maximum absolute atomic E-state index is 5.50. The average Bonchev–Trinajstić information content (AvgIpc) is 2.48. The topological polar surface area (TPSA) is 35.3 Å². The lowest BCUT2D eigenvalue weighted by atomic mass is 10.5. The highest BCUT2D eigenvalue weighted by molar-refractivity contribution is 6.16. The van der Waals surface area contributed by atoms with Crippen molar-refractivity contribution < 1.29 is 9.15 Å². The molecule has 1 aromatic rings. The summed E-state index contributed by atoms with van der Waals surface area (Å²) in [5.74, 6) is 0.360. The van der Waals surface area contributed by atoms with Crippen LogP contribution in [0.2, 0.25) is 0 Å². The van der Waals surface area contributed by atoms with E-state index in [1.54, 1.807) is 0 Å². The van der Waals surface area contributed by atoms with Gasteiger partial charge in [0, 0.05) is 0 Å². The molecule has 0 aliphatic heterocycles. The van der Waals surface area contributed by atoms with Crippen LogP contribution < -0.4 is 4.74 Å². The third-order valence-electron chi connectivity index (χ3n) is 1.10. The minimum absolute atomic E-state index is 0.308. The first kappa shape index (κ1) is 8.40. The van der Waals surface area contributed by atoms with Gasteiger partial charge < -0.3 is 9.15 Å². The van der Waals surface area contributed by atoms with Crippen LogP contribution in [0.25, 0.3) is 0 Å². The van der Waals surface area contributed by atoms with Crippen LogP contribution in [0.15, 0.2) is 10.7 Å². The van der Waals surface area contributed by atoms with Crippen molar-refractivity contribution in [1.29, 1.82) is 0 Å². The van der Waals surface area contributed by atoms with Crippen LogP contribution >= 0.6 is 11.6 Å². The zero-order valence-electron chi connectivity index (χ0n) is 6.34. The van der Waals surface area contributed by atoms with Crippen LogP contribution in [0, 0.1) is 0 Å². The van der Waals surface area contributed by atoms with E-state index < -0.39 is 0 Å². The van der Waals surface area contributed by atoms with Gasteiger partial charge in [-0.25, -0.2) is 0 Å². The van der Waals surface area contributed by atoms with Crippen molar-refractivity contribution in [3.8, 4) is 6.08 Å². The molecular formula is C7H10ClNO2. The number of halogens is 1. The molecular weight excluding hydrogens is 166 g/mol. The number of rotatable bonds is 4. The van der Waals surface area contributed by atoms with Gasteiger partial charge in [-0.15, -0.1) is 11.6 Å². The Hall–Kier alpha value is -0.700. The van der Waals surface area contributed by atoms with Gasteiger partial charge in [-0.05, 0) is 6.42 Å². The predicted octanol–water partition coefficient (Wildman–Crippen LogP) is 2.20. The summed E-state index contributed by atoms with van der Waals surface area (Å²) in [5, 5.41) is 0. The van der Waals surface area contributed by atoms with Crippen LogP contribution in [0.1, 0.15) is 19.0 Å². The predicted molar refractivity (Wildman–Crippen MR) is 41.8 cm³/mol. The lowest BCUT2D eigenvalue weighted by Gasteiger charge is -1.94. The van der Waals surface area contributed by atoms with E-state index in [4.69, 9.17) is 20.8 Å². The molecule has 0 aliphatic rings. The van der Waals surface area contributed by atoms with Crippen molar-refractivity contribution in [3.05, 3.63) is 12.0 Å². The summed E-state index contributed by atoms with van der Waals surface area (Å²) < 4.78 is 10.0. The molecule has 0 spiro atoms. The fraction of sp³-hybridized carbons (Fsp3) is 0.571. The highest BCUT2D eigenvalue weighted by Gasteiger charge is 2.01. The first-order valence-electron chi connectivity index (χ1n) is 3.50. The van der Waals surface area contributed by atoms with Crippen molar-refractivity contribution in [3.63, 3.8) is 0 Å². The first-order valence-corrected chi connectivity index (χ1v) is 4.03. The maximum Gasteiger partial charge on any atom is 0.393 e. The number of oxazole rings is 1. The van der Waals surface area contributed by atoms with Gasteiger partial charge in [0.15, 0.2) is 0 Å². The van der Waals surface area contributed by atoms with Gasteiger partial charge >= 0.3 is 6.08 Å². The van der Waals surface area contributed by atoms with E-state index in [1.165, 1.54) is 6.26 Å². The van der Waals surface area contributed by atoms with Gasteiger partial charge in [0.2, 0.25) is 0 Å². The Morgan fingerprint density at radius 2 is 2.55 bits per heavy atom. The van der Waals surface area contributed by atoms with Gasteiger partial charge in [-0.3, -0.25) is 0 Å². The van der Waals surface area contributed by atoms with Crippen molar-refractivity contribution in [2.24, 2.45) is 0 Å². The fourth-order valence-corrected chi connectivity index (χ4v) is 0.728. The summed E-state index contributed by atoms with van der Waals surface area (Å²) in [6.45, 7) is 2.65. The van der Waals surface area contributed by atoms with Crippen molar-refractivity contribution >= 4 is 11.6 Å². The molecule has 0 unspecified atom stereocenters. The standard InChI is InChI=1S/C7H10ClNO2/c1-2-3-10-7-9-6(4-8)5-11-7/h5H,2-4H2,1H3. The number of ether oxygens (including phenoxy) is 1. The zero-order chi connectivity index (χ0) is 8.10. The Balaban J connectivity index is 2.44. The smallest absolute Gasteiger partial charge is 0.393 e. The van der Waals surface area contributed by atoms with E-state index >= 15 is 0 Å². The Bertz CT molecular complexity index is 212. The van der Waals surface area contributed by atoms with E-state index in [9.17, 15) is 0 Å². The molecule has 1 heterocycles. The number of aromatic nitrogens is 1. The molecule has 1 rings (SSSR count). The molecule has 0 N–H and O–H groups in total. The molecule has 0 saturated heterocycles. The van der Waals surface area contributed by atoms with Gasteiger partial charge in [0.25, 0.3) is 0 Å². The van der Waals surface area contributed by atoms with Crippen LogP contribution in [0.3, 0.4) is 0 Å². The molecule has 0 radical (unpaired) electrons. The summed E-state index contributed by atoms with van der Waals surface area (Å²) >= 11 is 5.50. The SMILES string of the molecule is CCCOc1nc(CCl)co1. The normalized spacial score (nSPS) is 10.0. The van der Waals surface area contributed by atoms with Gasteiger partial charge in [-0.2, -0.15) is 4.98 Å². The van der Waals surface area contributed by atoms with E-state index in [2.05, 4.69) is 4.98 Å². The van der Waals surface area contributed by atoms with Crippen LogP contribution in [-0.4, -0.2) is 11.6 Å². The summed E-state index contributed by atoms with van der Waals surface area (Å²) in [7, 11) is 0. The highest BCUT2D eigenvalue weighted by atomic mass is 35.5. The van der Waals surface area contributed by atoms with Crippen molar-refractivity contribution in [1.82, 2.24) is 4.98 Å². The Morgan fingerprint density at radius 3 is 3.09 bits per heavy atom. The van der Waals surface area contributed by atoms with Crippen LogP contribution in [-0.2, 0) is 5.88 Å². The second-order valence-corrected chi connectivity index (χ2v) is 2.35. The number of alkyl halides is 1. The Morgan fingerprint density at radius 1 is 1.73 bits per heavy atom. The third kappa shape index (κ3) is 2.42. The third-order valence-corrected chi connectivity index (χ3v) is 1.37. The lowest BCUT2D eigenvalue weighted by molar-refractivity contribution is 0.230. The summed E-state index contributed by atoms with van der Waals surface area (Å²) in [4.78, 5) is 3.95. The molecule has 11 heavy (non-hydrogen) atoms. The molecule has 0 atom stereocenters. The second kappa shape index (κ2) is 4.23. The molecule has 0 aromatic carbocycles. The number of hydrogen-bond donors (Lipinski definition) is 0. The number of hydrogen-bond acceptors (Lipinski definition) is 3. The van der Waals surface area contributed by atoms with Crippen molar-refractivity contribution in [2.45, 2.75) is 19.2 Å². The molecule has 1 aromatic heterocycles. The summed E-state index contributed by atoms with van der Waals surface area (Å²) in [6.07, 6.45) is 2.75. The van der Waals surface area contributed by atoms with Gasteiger partial charge in [0.05, 0.1) is 18.2 Å². The minimum Gasteiger partial charge on any atom is -0.450 e. The summed E-state index contributed by atoms with van der Waals surface area (Å²) in [5.41, 5.74) is 0.706. The number of nitrogens with zero attached hydrogens (tertiary/aromatic N) is 1. The van der Waals surface area contributed by atoms with E-state index in [0.717, 1.165) is 6.42 Å². The highest BCUT2D eigenvalue weighted by Crippen LogP contribution is 2.11. The summed E-state index contributed by atoms with van der Waals surface area (Å²) in [6, 6.07) is 0. The van der Waals surface area contributed by atoms with Gasteiger partial charge in [-0.1, -0.05) is 6.92 Å². The molecule has 0 bridgehead atoms. The molecule has 0 saturated carbocycles. The Kier molecular flexibility index (Phi) is 3.23. The second-order valence-electron chi connectivity index (χ2n) is 2.09. The van der Waals surface area contributed by atoms with Gasteiger partial charge in [0.1, 0.15) is 6.26 Å². The van der Waals surface area contributed by atoms with Crippen molar-refractivity contribution in [2.75, 3.05) is 6.61 Å². The van der Waals surface area contributed by atoms with E-state index in [-0.39, 0.29) is 0 Å². The molecule has 3 nitrogen and oxygen atoms in total. The average molecular weight is 176 g/mol. The quantitative estimate of drug-likeness (QED) is 0.659. The van der Waals surface area contributed by atoms with Crippen LogP contribution in [0.5, 0.6) is 6.08 Å². The maximum atomic E-state index is 5.50. The molecule has 4 heteroatoms. The lowest BCUT2D eigenvalue weighted by Crippen LogP contribution is -1.94. The minimum atomic E-state index is 0.308. The molecule has 0 amide bonds. The van der Waals surface area contributed by atoms with E-state index in [1.807, 2.05) is 6.92 Å². The largest absolute Gasteiger partial charge is 0.450 e. The van der Waals surface area contributed by atoms with E-state index in [0.29, 0.717) is 24.3 Å². The molecule has 0 aliphatic carbocycles. The fourth-order valence-electron chi connectivity index (χ4n) is 0.605. The Labute approximate surface area is 70.3 Å². The van der Waals surface area contributed by atoms with Crippen LogP contribution in [0.4, 0.5) is 0 Å². The molecule has 0 fully saturated rings. The monoisotopic (exact) mass is 175 g/mol. The first-order chi connectivity index (χ1) is 5.36.